The van der Waals surface area contributed by atoms with Crippen LogP contribution in [0.1, 0.15) is 110 Å². The van der Waals surface area contributed by atoms with E-state index in [-0.39, 0.29) is 23.8 Å². The Morgan fingerprint density at radius 1 is 0.630 bits per heavy atom. The lowest BCUT2D eigenvalue weighted by Gasteiger charge is -2.28. The third-order valence-corrected chi connectivity index (χ3v) is 5.61. The van der Waals surface area contributed by atoms with Crippen LogP contribution in [0.5, 0.6) is 0 Å². The van der Waals surface area contributed by atoms with Gasteiger partial charge in [0, 0.05) is 0 Å². The summed E-state index contributed by atoms with van der Waals surface area (Å²) in [6.45, 7) is 5.37. The molecule has 4 heteroatoms. The fraction of sp³-hybridized carbons (Fsp3) is 0.913. The molecule has 1 fully saturated rings. The van der Waals surface area contributed by atoms with Gasteiger partial charge in [-0.25, -0.2) is 0 Å². The third-order valence-electron chi connectivity index (χ3n) is 5.61. The maximum atomic E-state index is 12.5. The summed E-state index contributed by atoms with van der Waals surface area (Å²) < 4.78 is 11.0. The smallest absolute Gasteiger partial charge is 0.309 e. The summed E-state index contributed by atoms with van der Waals surface area (Å²) in [5.74, 6) is -0.974. The summed E-state index contributed by atoms with van der Waals surface area (Å²) in [6, 6.07) is 0. The molecule has 0 aromatic carbocycles. The van der Waals surface area contributed by atoms with E-state index in [0.717, 1.165) is 51.4 Å². The van der Waals surface area contributed by atoms with Gasteiger partial charge in [-0.1, -0.05) is 84.5 Å². The second kappa shape index (κ2) is 15.9. The van der Waals surface area contributed by atoms with E-state index < -0.39 is 0 Å². The Morgan fingerprint density at radius 3 is 1.41 bits per heavy atom. The van der Waals surface area contributed by atoms with Crippen LogP contribution in [-0.4, -0.2) is 25.2 Å². The molecular weight excluding hydrogens is 340 g/mol. The van der Waals surface area contributed by atoms with Crippen LogP contribution >= 0.6 is 0 Å². The lowest BCUT2D eigenvalue weighted by atomic mass is 9.79. The van der Waals surface area contributed by atoms with Gasteiger partial charge in [-0.05, 0) is 25.7 Å². The number of carbonyl (C=O) groups is 2. The van der Waals surface area contributed by atoms with E-state index in [0.29, 0.717) is 13.2 Å². The number of hydrogen-bond acceptors (Lipinski definition) is 4. The molecule has 0 aliphatic heterocycles. The minimum atomic E-state index is -0.300. The second-order valence-corrected chi connectivity index (χ2v) is 8.01. The molecule has 158 valence electrons. The molecule has 1 aliphatic rings. The number of unbranched alkanes of at least 4 members (excludes halogenated alkanes) is 9. The summed E-state index contributed by atoms with van der Waals surface area (Å²) in [5, 5.41) is 0. The molecule has 0 amide bonds. The van der Waals surface area contributed by atoms with Crippen molar-refractivity contribution in [2.45, 2.75) is 110 Å². The molecule has 0 aromatic rings. The van der Waals surface area contributed by atoms with Crippen molar-refractivity contribution in [1.82, 2.24) is 0 Å². The molecule has 1 rings (SSSR count). The van der Waals surface area contributed by atoms with E-state index in [2.05, 4.69) is 13.8 Å². The zero-order valence-electron chi connectivity index (χ0n) is 17.8. The van der Waals surface area contributed by atoms with Crippen LogP contribution in [0.15, 0.2) is 0 Å². The van der Waals surface area contributed by atoms with Crippen molar-refractivity contribution in [3.05, 3.63) is 0 Å². The molecule has 4 nitrogen and oxygen atoms in total. The number of hydrogen-bond donors (Lipinski definition) is 0. The van der Waals surface area contributed by atoms with Crippen molar-refractivity contribution >= 4 is 11.9 Å². The highest BCUT2D eigenvalue weighted by atomic mass is 16.5. The highest BCUT2D eigenvalue weighted by molar-refractivity contribution is 5.82. The molecule has 1 saturated carbocycles. The first-order chi connectivity index (χ1) is 13.2. The molecule has 27 heavy (non-hydrogen) atoms. The highest BCUT2D eigenvalue weighted by Gasteiger charge is 2.37. The first kappa shape index (κ1) is 24.0. The Morgan fingerprint density at radius 2 is 1.00 bits per heavy atom. The molecular formula is C23H42O4. The third kappa shape index (κ3) is 10.8. The van der Waals surface area contributed by atoms with Crippen molar-refractivity contribution < 1.29 is 19.1 Å². The Hall–Kier alpha value is -1.06. The molecule has 0 aromatic heterocycles. The Kier molecular flexibility index (Phi) is 14.2. The van der Waals surface area contributed by atoms with Gasteiger partial charge in [0.1, 0.15) is 0 Å². The number of esters is 2. The van der Waals surface area contributed by atoms with Gasteiger partial charge in [-0.2, -0.15) is 0 Å². The SMILES string of the molecule is CCCCCCCCOC(=O)C1CCCCC1C(=O)OCCCCCCC. The lowest BCUT2D eigenvalue weighted by Crippen LogP contribution is -2.35. The van der Waals surface area contributed by atoms with Crippen LogP contribution in [-0.2, 0) is 19.1 Å². The molecule has 0 radical (unpaired) electrons. The van der Waals surface area contributed by atoms with E-state index in [1.54, 1.807) is 0 Å². The van der Waals surface area contributed by atoms with Crippen molar-refractivity contribution in [3.8, 4) is 0 Å². The van der Waals surface area contributed by atoms with Gasteiger partial charge in [-0.15, -0.1) is 0 Å². The molecule has 0 heterocycles. The lowest BCUT2D eigenvalue weighted by molar-refractivity contribution is -0.163. The molecule has 0 bridgehead atoms. The van der Waals surface area contributed by atoms with Crippen LogP contribution in [0.2, 0.25) is 0 Å². The van der Waals surface area contributed by atoms with Gasteiger partial charge in [0.15, 0.2) is 0 Å². The van der Waals surface area contributed by atoms with Crippen LogP contribution in [0.3, 0.4) is 0 Å². The number of rotatable bonds is 15. The number of ether oxygens (including phenoxy) is 2. The fourth-order valence-corrected chi connectivity index (χ4v) is 3.84. The van der Waals surface area contributed by atoms with Gasteiger partial charge in [0.2, 0.25) is 0 Å². The second-order valence-electron chi connectivity index (χ2n) is 8.01. The van der Waals surface area contributed by atoms with Crippen molar-refractivity contribution in [2.75, 3.05) is 13.2 Å². The zero-order chi connectivity index (χ0) is 19.7. The largest absolute Gasteiger partial charge is 0.465 e. The fourth-order valence-electron chi connectivity index (χ4n) is 3.84. The van der Waals surface area contributed by atoms with E-state index >= 15 is 0 Å². The first-order valence-corrected chi connectivity index (χ1v) is 11.5. The Balaban J connectivity index is 2.25. The summed E-state index contributed by atoms with van der Waals surface area (Å²) >= 11 is 0. The van der Waals surface area contributed by atoms with Crippen LogP contribution in [0.4, 0.5) is 0 Å². The topological polar surface area (TPSA) is 52.6 Å². The van der Waals surface area contributed by atoms with Gasteiger partial charge in [-0.3, -0.25) is 9.59 Å². The Labute approximate surface area is 166 Å². The summed E-state index contributed by atoms with van der Waals surface area (Å²) in [4.78, 5) is 24.9. The number of carbonyl (C=O) groups excluding carboxylic acids is 2. The van der Waals surface area contributed by atoms with E-state index in [4.69, 9.17) is 9.47 Å². The van der Waals surface area contributed by atoms with Crippen LogP contribution in [0, 0.1) is 11.8 Å². The molecule has 0 N–H and O–H groups in total. The Bertz CT molecular complexity index is 394. The summed E-state index contributed by atoms with van der Waals surface area (Å²) in [6.07, 6.45) is 16.2. The van der Waals surface area contributed by atoms with Crippen LogP contribution in [0.25, 0.3) is 0 Å². The standard InChI is InChI=1S/C23H42O4/c1-3-5-7-9-11-15-19-27-23(25)21-17-13-12-16-20(21)22(24)26-18-14-10-8-6-4-2/h20-21H,3-19H2,1-2H3. The maximum Gasteiger partial charge on any atom is 0.309 e. The molecule has 2 atom stereocenters. The van der Waals surface area contributed by atoms with Crippen molar-refractivity contribution in [2.24, 2.45) is 11.8 Å². The summed E-state index contributed by atoms with van der Waals surface area (Å²) in [7, 11) is 0. The predicted molar refractivity (Wildman–Crippen MR) is 110 cm³/mol. The minimum Gasteiger partial charge on any atom is -0.465 e. The van der Waals surface area contributed by atoms with E-state index in [1.807, 2.05) is 0 Å². The van der Waals surface area contributed by atoms with E-state index in [1.165, 1.54) is 44.9 Å². The quantitative estimate of drug-likeness (QED) is 0.249. The molecule has 0 saturated heterocycles. The predicted octanol–water partition coefficient (Wildman–Crippen LogP) is 6.21. The van der Waals surface area contributed by atoms with Gasteiger partial charge < -0.3 is 9.47 Å². The first-order valence-electron chi connectivity index (χ1n) is 11.5. The van der Waals surface area contributed by atoms with E-state index in [9.17, 15) is 9.59 Å². The molecule has 1 aliphatic carbocycles. The van der Waals surface area contributed by atoms with Gasteiger partial charge in [0.25, 0.3) is 0 Å². The maximum absolute atomic E-state index is 12.5. The molecule has 2 unspecified atom stereocenters. The van der Waals surface area contributed by atoms with Gasteiger partial charge >= 0.3 is 11.9 Å². The average Bonchev–Trinajstić information content (AvgIpc) is 2.69. The normalized spacial score (nSPS) is 19.6. The highest BCUT2D eigenvalue weighted by Crippen LogP contribution is 2.32. The monoisotopic (exact) mass is 382 g/mol. The van der Waals surface area contributed by atoms with Crippen LogP contribution < -0.4 is 0 Å². The minimum absolute atomic E-state index is 0.187. The summed E-state index contributed by atoms with van der Waals surface area (Å²) in [5.41, 5.74) is 0. The van der Waals surface area contributed by atoms with Crippen molar-refractivity contribution in [1.29, 1.82) is 0 Å². The average molecular weight is 383 g/mol. The molecule has 0 spiro atoms. The van der Waals surface area contributed by atoms with Crippen molar-refractivity contribution in [3.63, 3.8) is 0 Å². The zero-order valence-corrected chi connectivity index (χ0v) is 17.8. The van der Waals surface area contributed by atoms with Gasteiger partial charge in [0.05, 0.1) is 25.0 Å².